The molecule has 0 fully saturated rings. The Morgan fingerprint density at radius 3 is 2.44 bits per heavy atom. The van der Waals surface area contributed by atoms with E-state index in [1.807, 2.05) is 6.07 Å². The Labute approximate surface area is 65.3 Å². The molecule has 0 aliphatic rings. The van der Waals surface area contributed by atoms with Crippen LogP contribution in [0.1, 0.15) is 24.6 Å². The zero-order valence-corrected chi connectivity index (χ0v) is 7.30. The summed E-state index contributed by atoms with van der Waals surface area (Å²) in [5.74, 6) is 0.623. The average molecular weight is 158 g/mol. The number of rotatable bonds is 1. The van der Waals surface area contributed by atoms with Gasteiger partial charge < -0.3 is 0 Å². The summed E-state index contributed by atoms with van der Waals surface area (Å²) in [5.41, 5.74) is 0. The molecule has 0 saturated carbocycles. The molecule has 2 heteroatoms. The van der Waals surface area contributed by atoms with Crippen LogP contribution in [-0.4, -0.2) is 0 Å². The zero-order chi connectivity index (χ0) is 6.85. The zero-order valence-electron chi connectivity index (χ0n) is 5.59. The third-order valence-corrected chi connectivity index (χ3v) is 2.96. The molecule has 0 aliphatic heterocycles. The highest BCUT2D eigenvalue weighted by atomic mass is 32.1. The molecule has 0 radical (unpaired) electrons. The molecular formula is C7H10S2. The van der Waals surface area contributed by atoms with Gasteiger partial charge in [-0.1, -0.05) is 13.8 Å². The fourth-order valence-electron chi connectivity index (χ4n) is 0.746. The van der Waals surface area contributed by atoms with Gasteiger partial charge >= 0.3 is 0 Å². The van der Waals surface area contributed by atoms with Crippen LogP contribution in [0.25, 0.3) is 0 Å². The van der Waals surface area contributed by atoms with Crippen LogP contribution < -0.4 is 0 Å². The van der Waals surface area contributed by atoms with Gasteiger partial charge in [-0.15, -0.1) is 24.0 Å². The SMILES string of the molecule is CC(C)c1sccc1S. The van der Waals surface area contributed by atoms with Gasteiger partial charge in [-0.25, -0.2) is 0 Å². The van der Waals surface area contributed by atoms with Crippen LogP contribution in [0.3, 0.4) is 0 Å². The van der Waals surface area contributed by atoms with Gasteiger partial charge in [0.1, 0.15) is 0 Å². The topological polar surface area (TPSA) is 0 Å². The van der Waals surface area contributed by atoms with E-state index >= 15 is 0 Å². The van der Waals surface area contributed by atoms with Crippen molar-refractivity contribution in [2.75, 3.05) is 0 Å². The van der Waals surface area contributed by atoms with Crippen LogP contribution in [0, 0.1) is 0 Å². The van der Waals surface area contributed by atoms with Crippen molar-refractivity contribution in [1.29, 1.82) is 0 Å². The third kappa shape index (κ3) is 1.49. The first-order valence-corrected chi connectivity index (χ1v) is 4.31. The molecular weight excluding hydrogens is 148 g/mol. The molecule has 0 unspecified atom stereocenters. The number of thiophene rings is 1. The van der Waals surface area contributed by atoms with Crippen LogP contribution >= 0.6 is 24.0 Å². The summed E-state index contributed by atoms with van der Waals surface area (Å²) in [5, 5.41) is 2.08. The molecule has 1 heterocycles. The molecule has 1 aromatic rings. The quantitative estimate of drug-likeness (QED) is 0.596. The first-order chi connectivity index (χ1) is 4.22. The van der Waals surface area contributed by atoms with Crippen molar-refractivity contribution in [2.45, 2.75) is 24.7 Å². The Bertz CT molecular complexity index is 189. The predicted molar refractivity (Wildman–Crippen MR) is 45.7 cm³/mol. The summed E-state index contributed by atoms with van der Waals surface area (Å²) in [4.78, 5) is 2.52. The lowest BCUT2D eigenvalue weighted by atomic mass is 10.2. The maximum Gasteiger partial charge on any atom is 0.0204 e. The summed E-state index contributed by atoms with van der Waals surface area (Å²) >= 11 is 6.08. The van der Waals surface area contributed by atoms with E-state index in [4.69, 9.17) is 0 Å². The lowest BCUT2D eigenvalue weighted by Gasteiger charge is -1.99. The molecule has 0 atom stereocenters. The van der Waals surface area contributed by atoms with E-state index in [0.717, 1.165) is 4.90 Å². The molecule has 0 bridgehead atoms. The lowest BCUT2D eigenvalue weighted by molar-refractivity contribution is 0.870. The van der Waals surface area contributed by atoms with Crippen molar-refractivity contribution >= 4 is 24.0 Å². The van der Waals surface area contributed by atoms with Crippen molar-refractivity contribution in [2.24, 2.45) is 0 Å². The van der Waals surface area contributed by atoms with E-state index in [9.17, 15) is 0 Å². The molecule has 0 nitrogen and oxygen atoms in total. The van der Waals surface area contributed by atoms with Gasteiger partial charge in [0, 0.05) is 9.77 Å². The van der Waals surface area contributed by atoms with E-state index in [1.54, 1.807) is 11.3 Å². The molecule has 1 aromatic heterocycles. The highest BCUT2D eigenvalue weighted by Gasteiger charge is 2.03. The second-order valence-electron chi connectivity index (χ2n) is 2.32. The van der Waals surface area contributed by atoms with E-state index < -0.39 is 0 Å². The summed E-state index contributed by atoms with van der Waals surface area (Å²) < 4.78 is 0. The number of hydrogen-bond acceptors (Lipinski definition) is 2. The van der Waals surface area contributed by atoms with E-state index in [2.05, 4.69) is 31.9 Å². The third-order valence-electron chi connectivity index (χ3n) is 1.20. The Morgan fingerprint density at radius 1 is 1.56 bits per heavy atom. The normalized spacial score (nSPS) is 10.7. The monoisotopic (exact) mass is 158 g/mol. The fourth-order valence-corrected chi connectivity index (χ4v) is 2.15. The molecule has 1 rings (SSSR count). The Balaban J connectivity index is 2.94. The molecule has 0 aromatic carbocycles. The maximum atomic E-state index is 4.30. The number of thiol groups is 1. The molecule has 0 spiro atoms. The molecule has 9 heavy (non-hydrogen) atoms. The molecule has 50 valence electrons. The second kappa shape index (κ2) is 2.76. The van der Waals surface area contributed by atoms with Crippen LogP contribution in [-0.2, 0) is 0 Å². The first-order valence-electron chi connectivity index (χ1n) is 2.98. The fraction of sp³-hybridized carbons (Fsp3) is 0.429. The Morgan fingerprint density at radius 2 is 2.22 bits per heavy atom. The van der Waals surface area contributed by atoms with Crippen LogP contribution in [0.4, 0.5) is 0 Å². The minimum absolute atomic E-state index is 0.623. The summed E-state index contributed by atoms with van der Waals surface area (Å²) in [6.45, 7) is 4.37. The Hall–Kier alpha value is 0.0500. The van der Waals surface area contributed by atoms with Crippen molar-refractivity contribution < 1.29 is 0 Å². The predicted octanol–water partition coefficient (Wildman–Crippen LogP) is 3.16. The molecule has 0 amide bonds. The molecule has 0 N–H and O–H groups in total. The van der Waals surface area contributed by atoms with Crippen molar-refractivity contribution in [3.8, 4) is 0 Å². The van der Waals surface area contributed by atoms with Gasteiger partial charge in [0.05, 0.1) is 0 Å². The minimum atomic E-state index is 0.623. The largest absolute Gasteiger partial charge is 0.147 e. The maximum absolute atomic E-state index is 4.30. The van der Waals surface area contributed by atoms with E-state index in [0.29, 0.717) is 5.92 Å². The summed E-state index contributed by atoms with van der Waals surface area (Å²) in [6, 6.07) is 2.04. The highest BCUT2D eigenvalue weighted by Crippen LogP contribution is 2.27. The van der Waals surface area contributed by atoms with Gasteiger partial charge in [0.25, 0.3) is 0 Å². The van der Waals surface area contributed by atoms with Crippen LogP contribution in [0.2, 0.25) is 0 Å². The van der Waals surface area contributed by atoms with Gasteiger partial charge in [-0.05, 0) is 17.4 Å². The van der Waals surface area contributed by atoms with Gasteiger partial charge in [-0.3, -0.25) is 0 Å². The smallest absolute Gasteiger partial charge is 0.0204 e. The molecule has 0 aliphatic carbocycles. The van der Waals surface area contributed by atoms with E-state index in [-0.39, 0.29) is 0 Å². The first kappa shape index (κ1) is 7.16. The highest BCUT2D eigenvalue weighted by molar-refractivity contribution is 7.80. The van der Waals surface area contributed by atoms with Crippen molar-refractivity contribution in [3.05, 3.63) is 16.3 Å². The van der Waals surface area contributed by atoms with Crippen molar-refractivity contribution in [1.82, 2.24) is 0 Å². The van der Waals surface area contributed by atoms with Gasteiger partial charge in [-0.2, -0.15) is 0 Å². The average Bonchev–Trinajstić information content (AvgIpc) is 2.13. The van der Waals surface area contributed by atoms with E-state index in [1.165, 1.54) is 4.88 Å². The summed E-state index contributed by atoms with van der Waals surface area (Å²) in [6.07, 6.45) is 0. The Kier molecular flexibility index (Phi) is 2.19. The minimum Gasteiger partial charge on any atom is -0.147 e. The molecule has 0 saturated heterocycles. The van der Waals surface area contributed by atoms with Crippen molar-refractivity contribution in [3.63, 3.8) is 0 Å². The lowest BCUT2D eigenvalue weighted by Crippen LogP contribution is -1.80. The number of hydrogen-bond donors (Lipinski definition) is 1. The summed E-state index contributed by atoms with van der Waals surface area (Å²) in [7, 11) is 0. The standard InChI is InChI=1S/C7H10S2/c1-5(2)7-6(8)3-4-9-7/h3-5,8H,1-2H3. The van der Waals surface area contributed by atoms with Gasteiger partial charge in [0.2, 0.25) is 0 Å². The second-order valence-corrected chi connectivity index (χ2v) is 3.75. The van der Waals surface area contributed by atoms with Gasteiger partial charge in [0.15, 0.2) is 0 Å². The van der Waals surface area contributed by atoms with Crippen LogP contribution in [0.5, 0.6) is 0 Å². The van der Waals surface area contributed by atoms with Crippen LogP contribution in [0.15, 0.2) is 16.3 Å².